The van der Waals surface area contributed by atoms with E-state index in [4.69, 9.17) is 4.42 Å². The first kappa shape index (κ1) is 15.6. The molecule has 3 nitrogen and oxygen atoms in total. The lowest BCUT2D eigenvalue weighted by Crippen LogP contribution is -2.39. The zero-order valence-electron chi connectivity index (χ0n) is 13.5. The highest BCUT2D eigenvalue weighted by atomic mass is 16.3. The van der Waals surface area contributed by atoms with Crippen LogP contribution in [-0.4, -0.2) is 24.0 Å². The second kappa shape index (κ2) is 7.28. The van der Waals surface area contributed by atoms with Crippen LogP contribution in [0.3, 0.4) is 0 Å². The molecule has 1 aliphatic rings. The summed E-state index contributed by atoms with van der Waals surface area (Å²) in [6.07, 6.45) is 4.53. The van der Waals surface area contributed by atoms with E-state index in [1.807, 2.05) is 6.26 Å². The molecular formula is C17H30N2O. The fourth-order valence-electron chi connectivity index (χ4n) is 3.00. The van der Waals surface area contributed by atoms with Crippen LogP contribution in [0.15, 0.2) is 16.7 Å². The first-order chi connectivity index (χ1) is 9.54. The van der Waals surface area contributed by atoms with Gasteiger partial charge in [-0.1, -0.05) is 20.8 Å². The smallest absolute Gasteiger partial charge is 0.118 e. The third-order valence-corrected chi connectivity index (χ3v) is 4.22. The highest BCUT2D eigenvalue weighted by molar-refractivity contribution is 5.12. The third-order valence-electron chi connectivity index (χ3n) is 4.22. The summed E-state index contributed by atoms with van der Waals surface area (Å²) in [5.74, 6) is 2.67. The van der Waals surface area contributed by atoms with Gasteiger partial charge < -0.3 is 9.73 Å². The monoisotopic (exact) mass is 278 g/mol. The van der Waals surface area contributed by atoms with Crippen LogP contribution in [0.1, 0.15) is 51.9 Å². The van der Waals surface area contributed by atoms with Gasteiger partial charge in [0.1, 0.15) is 5.76 Å². The summed E-state index contributed by atoms with van der Waals surface area (Å²) in [6, 6.07) is 2.88. The maximum Gasteiger partial charge on any atom is 0.118 e. The molecule has 1 aromatic heterocycles. The van der Waals surface area contributed by atoms with Crippen LogP contribution in [0, 0.1) is 11.8 Å². The fourth-order valence-corrected chi connectivity index (χ4v) is 3.00. The summed E-state index contributed by atoms with van der Waals surface area (Å²) in [5, 5.41) is 3.46. The predicted octanol–water partition coefficient (Wildman–Crippen LogP) is 3.65. The average molecular weight is 278 g/mol. The van der Waals surface area contributed by atoms with Gasteiger partial charge in [-0.25, -0.2) is 0 Å². The summed E-state index contributed by atoms with van der Waals surface area (Å²) in [5.41, 5.74) is 1.26. The van der Waals surface area contributed by atoms with Crippen molar-refractivity contribution in [2.24, 2.45) is 11.8 Å². The normalized spacial score (nSPS) is 24.4. The van der Waals surface area contributed by atoms with Crippen LogP contribution >= 0.6 is 0 Å². The van der Waals surface area contributed by atoms with Gasteiger partial charge in [-0.3, -0.25) is 4.90 Å². The van der Waals surface area contributed by atoms with E-state index in [1.165, 1.54) is 24.9 Å². The van der Waals surface area contributed by atoms with Gasteiger partial charge in [-0.2, -0.15) is 0 Å². The van der Waals surface area contributed by atoms with E-state index < -0.39 is 0 Å². The summed E-state index contributed by atoms with van der Waals surface area (Å²) < 4.78 is 5.72. The van der Waals surface area contributed by atoms with Crippen LogP contribution in [0.2, 0.25) is 0 Å². The van der Waals surface area contributed by atoms with Crippen molar-refractivity contribution < 1.29 is 4.42 Å². The molecule has 1 aromatic rings. The quantitative estimate of drug-likeness (QED) is 0.861. The second-order valence-electron chi connectivity index (χ2n) is 6.90. The van der Waals surface area contributed by atoms with E-state index in [9.17, 15) is 0 Å². The lowest BCUT2D eigenvalue weighted by Gasteiger charge is -2.35. The Balaban J connectivity index is 1.80. The van der Waals surface area contributed by atoms with Crippen LogP contribution in [0.4, 0.5) is 0 Å². The minimum Gasteiger partial charge on any atom is -0.468 e. The SMILES string of the molecule is CC(C)CNCc1coc(CN2CCC(C)CC2C)c1. The molecule has 2 heterocycles. The first-order valence-electron chi connectivity index (χ1n) is 8.05. The fraction of sp³-hybridized carbons (Fsp3) is 0.765. The van der Waals surface area contributed by atoms with E-state index >= 15 is 0 Å². The van der Waals surface area contributed by atoms with Crippen molar-refractivity contribution in [3.63, 3.8) is 0 Å². The van der Waals surface area contributed by atoms with Gasteiger partial charge in [0.05, 0.1) is 12.8 Å². The molecule has 0 radical (unpaired) electrons. The average Bonchev–Trinajstić information content (AvgIpc) is 2.80. The minimum absolute atomic E-state index is 0.673. The van der Waals surface area contributed by atoms with Crippen molar-refractivity contribution in [3.8, 4) is 0 Å². The van der Waals surface area contributed by atoms with Gasteiger partial charge in [0.2, 0.25) is 0 Å². The van der Waals surface area contributed by atoms with Crippen molar-refractivity contribution >= 4 is 0 Å². The van der Waals surface area contributed by atoms with Crippen LogP contribution in [0.5, 0.6) is 0 Å². The molecule has 0 amide bonds. The largest absolute Gasteiger partial charge is 0.468 e. The van der Waals surface area contributed by atoms with E-state index in [0.717, 1.165) is 31.3 Å². The lowest BCUT2D eigenvalue weighted by atomic mass is 9.93. The molecule has 2 rings (SSSR count). The zero-order valence-corrected chi connectivity index (χ0v) is 13.5. The molecule has 0 saturated carbocycles. The highest BCUT2D eigenvalue weighted by Crippen LogP contribution is 2.24. The molecule has 1 N–H and O–H groups in total. The van der Waals surface area contributed by atoms with Gasteiger partial charge in [0.15, 0.2) is 0 Å². The minimum atomic E-state index is 0.673. The van der Waals surface area contributed by atoms with Gasteiger partial charge in [-0.15, -0.1) is 0 Å². The first-order valence-corrected chi connectivity index (χ1v) is 8.05. The summed E-state index contributed by atoms with van der Waals surface area (Å²) >= 11 is 0. The summed E-state index contributed by atoms with van der Waals surface area (Å²) in [6.45, 7) is 13.3. The number of furan rings is 1. The molecule has 3 heteroatoms. The Hall–Kier alpha value is -0.800. The molecule has 1 saturated heterocycles. The maximum absolute atomic E-state index is 5.72. The highest BCUT2D eigenvalue weighted by Gasteiger charge is 2.23. The molecule has 0 bridgehead atoms. The molecule has 0 aromatic carbocycles. The topological polar surface area (TPSA) is 28.4 Å². The molecule has 2 unspecified atom stereocenters. The Morgan fingerprint density at radius 2 is 2.20 bits per heavy atom. The number of piperidine rings is 1. The van der Waals surface area contributed by atoms with Crippen molar-refractivity contribution in [2.45, 2.75) is 59.7 Å². The molecule has 20 heavy (non-hydrogen) atoms. The van der Waals surface area contributed by atoms with Gasteiger partial charge >= 0.3 is 0 Å². The molecular weight excluding hydrogens is 248 g/mol. The standard InChI is InChI=1S/C17H30N2O/c1-13(2)9-18-10-16-8-17(20-12-16)11-19-6-5-14(3)7-15(19)4/h8,12-15,18H,5-7,9-11H2,1-4H3. The van der Waals surface area contributed by atoms with E-state index in [0.29, 0.717) is 12.0 Å². The molecule has 114 valence electrons. The van der Waals surface area contributed by atoms with Crippen LogP contribution in [0.25, 0.3) is 0 Å². The number of nitrogens with zero attached hydrogens (tertiary/aromatic N) is 1. The third kappa shape index (κ3) is 4.64. The Labute approximate surface area is 123 Å². The number of hydrogen-bond donors (Lipinski definition) is 1. The molecule has 0 spiro atoms. The Morgan fingerprint density at radius 3 is 2.90 bits per heavy atom. The van der Waals surface area contributed by atoms with E-state index in [-0.39, 0.29) is 0 Å². The lowest BCUT2D eigenvalue weighted by molar-refractivity contribution is 0.114. The zero-order chi connectivity index (χ0) is 14.5. The van der Waals surface area contributed by atoms with Crippen LogP contribution in [-0.2, 0) is 13.1 Å². The Bertz CT molecular complexity index is 399. The van der Waals surface area contributed by atoms with Gasteiger partial charge in [-0.05, 0) is 50.8 Å². The van der Waals surface area contributed by atoms with E-state index in [1.54, 1.807) is 0 Å². The van der Waals surface area contributed by atoms with Gasteiger partial charge in [0.25, 0.3) is 0 Å². The number of likely N-dealkylation sites (tertiary alicyclic amines) is 1. The number of rotatable bonds is 6. The van der Waals surface area contributed by atoms with Crippen molar-refractivity contribution in [2.75, 3.05) is 13.1 Å². The summed E-state index contributed by atoms with van der Waals surface area (Å²) in [4.78, 5) is 2.55. The number of nitrogens with one attached hydrogen (secondary N) is 1. The molecule has 1 aliphatic heterocycles. The van der Waals surface area contributed by atoms with Gasteiger partial charge in [0, 0.05) is 18.2 Å². The molecule has 0 aliphatic carbocycles. The van der Waals surface area contributed by atoms with Crippen molar-refractivity contribution in [1.82, 2.24) is 10.2 Å². The van der Waals surface area contributed by atoms with E-state index in [2.05, 4.69) is 44.0 Å². The molecule has 2 atom stereocenters. The Kier molecular flexibility index (Phi) is 5.67. The van der Waals surface area contributed by atoms with Crippen molar-refractivity contribution in [3.05, 3.63) is 23.7 Å². The molecule has 1 fully saturated rings. The summed E-state index contributed by atoms with van der Waals surface area (Å²) in [7, 11) is 0. The Morgan fingerprint density at radius 1 is 1.40 bits per heavy atom. The van der Waals surface area contributed by atoms with Crippen molar-refractivity contribution in [1.29, 1.82) is 0 Å². The number of hydrogen-bond acceptors (Lipinski definition) is 3. The maximum atomic E-state index is 5.72. The van der Waals surface area contributed by atoms with Crippen LogP contribution < -0.4 is 5.32 Å². The predicted molar refractivity (Wildman–Crippen MR) is 83.5 cm³/mol. The second-order valence-corrected chi connectivity index (χ2v) is 6.90.